The summed E-state index contributed by atoms with van der Waals surface area (Å²) in [5.41, 5.74) is 1.35. The van der Waals surface area contributed by atoms with Crippen molar-refractivity contribution in [1.29, 1.82) is 0 Å². The molecule has 142 valence electrons. The van der Waals surface area contributed by atoms with Crippen LogP contribution in [-0.4, -0.2) is 61.3 Å². The van der Waals surface area contributed by atoms with E-state index >= 15 is 0 Å². The van der Waals surface area contributed by atoms with Crippen molar-refractivity contribution in [2.45, 2.75) is 38.3 Å². The molecule has 6 heteroatoms. The summed E-state index contributed by atoms with van der Waals surface area (Å²) in [6.07, 6.45) is 4.08. The Bertz CT molecular complexity index is 622. The molecule has 1 spiro atoms. The first-order valence-corrected chi connectivity index (χ1v) is 9.72. The van der Waals surface area contributed by atoms with E-state index in [1.807, 2.05) is 17.0 Å². The lowest BCUT2D eigenvalue weighted by Gasteiger charge is -2.33. The minimum atomic E-state index is -0.192. The molecule has 0 radical (unpaired) electrons. The van der Waals surface area contributed by atoms with E-state index in [2.05, 4.69) is 10.2 Å². The van der Waals surface area contributed by atoms with Crippen molar-refractivity contribution in [1.82, 2.24) is 15.1 Å². The summed E-state index contributed by atoms with van der Waals surface area (Å²) in [6, 6.07) is 7.06. The van der Waals surface area contributed by atoms with Gasteiger partial charge in [-0.15, -0.1) is 0 Å². The SMILES string of the molecule is O=C(NC1CCN(Cc2ccc(F)cc2)CC1)N1CCC2(CCOC2)C1. The third-order valence-electron chi connectivity index (χ3n) is 6.15. The van der Waals surface area contributed by atoms with E-state index in [4.69, 9.17) is 4.74 Å². The third kappa shape index (κ3) is 4.01. The zero-order chi connectivity index (χ0) is 18.0. The topological polar surface area (TPSA) is 44.8 Å². The summed E-state index contributed by atoms with van der Waals surface area (Å²) in [7, 11) is 0. The zero-order valence-electron chi connectivity index (χ0n) is 15.3. The lowest BCUT2D eigenvalue weighted by molar-refractivity contribution is 0.149. The molecule has 0 bridgehead atoms. The van der Waals surface area contributed by atoms with Gasteiger partial charge >= 0.3 is 6.03 Å². The number of nitrogens with one attached hydrogen (secondary N) is 1. The molecule has 0 saturated carbocycles. The summed E-state index contributed by atoms with van der Waals surface area (Å²) in [5.74, 6) is -0.192. The number of nitrogens with zero attached hydrogens (tertiary/aromatic N) is 2. The number of halogens is 1. The molecule has 3 aliphatic heterocycles. The van der Waals surface area contributed by atoms with Crippen molar-refractivity contribution in [3.8, 4) is 0 Å². The molecule has 3 saturated heterocycles. The van der Waals surface area contributed by atoms with Crippen LogP contribution in [0.15, 0.2) is 24.3 Å². The summed E-state index contributed by atoms with van der Waals surface area (Å²) in [5, 5.41) is 3.23. The number of hydrogen-bond acceptors (Lipinski definition) is 3. The molecule has 0 aliphatic carbocycles. The second kappa shape index (κ2) is 7.53. The number of amides is 2. The van der Waals surface area contributed by atoms with Gasteiger partial charge in [0.15, 0.2) is 0 Å². The standard InChI is InChI=1S/C20H28FN3O2/c21-17-3-1-16(2-4-17)13-23-9-5-18(6-10-23)22-19(25)24-11-7-20(14-24)8-12-26-15-20/h1-4,18H,5-15H2,(H,22,25). The first kappa shape index (κ1) is 17.7. The van der Waals surface area contributed by atoms with Gasteiger partial charge in [0.1, 0.15) is 5.82 Å². The number of ether oxygens (including phenoxy) is 1. The molecule has 1 aromatic carbocycles. The van der Waals surface area contributed by atoms with Gasteiger partial charge in [0, 0.05) is 50.8 Å². The van der Waals surface area contributed by atoms with Crippen molar-refractivity contribution in [3.05, 3.63) is 35.6 Å². The molecular weight excluding hydrogens is 333 g/mol. The molecular formula is C20H28FN3O2. The van der Waals surface area contributed by atoms with Gasteiger partial charge in [-0.25, -0.2) is 9.18 Å². The van der Waals surface area contributed by atoms with Gasteiger partial charge in [0.05, 0.1) is 6.61 Å². The van der Waals surface area contributed by atoms with Gasteiger partial charge in [0.25, 0.3) is 0 Å². The van der Waals surface area contributed by atoms with Gasteiger partial charge in [-0.3, -0.25) is 4.90 Å². The van der Waals surface area contributed by atoms with E-state index in [-0.39, 0.29) is 23.3 Å². The van der Waals surface area contributed by atoms with Crippen LogP contribution >= 0.6 is 0 Å². The largest absolute Gasteiger partial charge is 0.381 e. The Morgan fingerprint density at radius 3 is 2.65 bits per heavy atom. The number of urea groups is 1. The summed E-state index contributed by atoms with van der Waals surface area (Å²) < 4.78 is 18.5. The Labute approximate surface area is 154 Å². The van der Waals surface area contributed by atoms with E-state index in [9.17, 15) is 9.18 Å². The fraction of sp³-hybridized carbons (Fsp3) is 0.650. The van der Waals surface area contributed by atoms with Crippen molar-refractivity contribution in [2.24, 2.45) is 5.41 Å². The molecule has 5 nitrogen and oxygen atoms in total. The van der Waals surface area contributed by atoms with Gasteiger partial charge in [0.2, 0.25) is 0 Å². The molecule has 1 atom stereocenters. The lowest BCUT2D eigenvalue weighted by Crippen LogP contribution is -2.49. The minimum Gasteiger partial charge on any atom is -0.381 e. The number of likely N-dealkylation sites (tertiary alicyclic amines) is 2. The van der Waals surface area contributed by atoms with Gasteiger partial charge in [-0.2, -0.15) is 0 Å². The van der Waals surface area contributed by atoms with Gasteiger partial charge in [-0.05, 0) is 43.4 Å². The maximum atomic E-state index is 13.0. The van der Waals surface area contributed by atoms with Crippen molar-refractivity contribution in [3.63, 3.8) is 0 Å². The Morgan fingerprint density at radius 1 is 1.19 bits per heavy atom. The first-order valence-electron chi connectivity index (χ1n) is 9.72. The minimum absolute atomic E-state index is 0.0887. The summed E-state index contributed by atoms with van der Waals surface area (Å²) >= 11 is 0. The molecule has 3 heterocycles. The molecule has 4 rings (SSSR count). The predicted molar refractivity (Wildman–Crippen MR) is 97.3 cm³/mol. The zero-order valence-corrected chi connectivity index (χ0v) is 15.3. The lowest BCUT2D eigenvalue weighted by atomic mass is 9.87. The van der Waals surface area contributed by atoms with Gasteiger partial charge in [-0.1, -0.05) is 12.1 Å². The van der Waals surface area contributed by atoms with E-state index in [0.29, 0.717) is 0 Å². The van der Waals surface area contributed by atoms with E-state index in [0.717, 1.165) is 77.2 Å². The van der Waals surface area contributed by atoms with Crippen LogP contribution in [0.1, 0.15) is 31.2 Å². The molecule has 2 amide bonds. The van der Waals surface area contributed by atoms with Crippen LogP contribution in [0, 0.1) is 11.2 Å². The summed E-state index contributed by atoms with van der Waals surface area (Å²) in [6.45, 7) is 6.08. The van der Waals surface area contributed by atoms with Crippen LogP contribution in [0.25, 0.3) is 0 Å². The van der Waals surface area contributed by atoms with Crippen LogP contribution in [0.5, 0.6) is 0 Å². The average molecular weight is 361 g/mol. The fourth-order valence-electron chi connectivity index (χ4n) is 4.43. The van der Waals surface area contributed by atoms with Crippen LogP contribution in [0.3, 0.4) is 0 Å². The Kier molecular flexibility index (Phi) is 5.14. The van der Waals surface area contributed by atoms with Crippen molar-refractivity contribution < 1.29 is 13.9 Å². The van der Waals surface area contributed by atoms with Crippen molar-refractivity contribution >= 4 is 6.03 Å². The fourth-order valence-corrected chi connectivity index (χ4v) is 4.43. The number of benzene rings is 1. The van der Waals surface area contributed by atoms with E-state index < -0.39 is 0 Å². The van der Waals surface area contributed by atoms with Gasteiger partial charge < -0.3 is 15.0 Å². The molecule has 1 unspecified atom stereocenters. The highest BCUT2D eigenvalue weighted by Crippen LogP contribution is 2.38. The maximum absolute atomic E-state index is 13.0. The smallest absolute Gasteiger partial charge is 0.317 e. The van der Waals surface area contributed by atoms with Crippen LogP contribution in [-0.2, 0) is 11.3 Å². The van der Waals surface area contributed by atoms with E-state index in [1.54, 1.807) is 0 Å². The van der Waals surface area contributed by atoms with Crippen LogP contribution in [0.2, 0.25) is 0 Å². The predicted octanol–water partition coefficient (Wildman–Crippen LogP) is 2.61. The number of carbonyl (C=O) groups is 1. The maximum Gasteiger partial charge on any atom is 0.317 e. The molecule has 3 fully saturated rings. The van der Waals surface area contributed by atoms with Crippen LogP contribution < -0.4 is 5.32 Å². The Morgan fingerprint density at radius 2 is 1.96 bits per heavy atom. The second-order valence-corrected chi connectivity index (χ2v) is 8.10. The molecule has 26 heavy (non-hydrogen) atoms. The molecule has 3 aliphatic rings. The number of hydrogen-bond donors (Lipinski definition) is 1. The summed E-state index contributed by atoms with van der Waals surface area (Å²) in [4.78, 5) is 16.9. The van der Waals surface area contributed by atoms with Crippen molar-refractivity contribution in [2.75, 3.05) is 39.4 Å². The Hall–Kier alpha value is -1.66. The Balaban J connectivity index is 1.21. The number of carbonyl (C=O) groups excluding carboxylic acids is 1. The molecule has 0 aromatic heterocycles. The molecule has 1 N–H and O–H groups in total. The molecule has 1 aromatic rings. The highest BCUT2D eigenvalue weighted by Gasteiger charge is 2.43. The average Bonchev–Trinajstić information content (AvgIpc) is 3.29. The quantitative estimate of drug-likeness (QED) is 0.900. The van der Waals surface area contributed by atoms with Crippen LogP contribution in [0.4, 0.5) is 9.18 Å². The number of piperidine rings is 1. The first-order chi connectivity index (χ1) is 12.6. The van der Waals surface area contributed by atoms with E-state index in [1.165, 1.54) is 12.1 Å². The number of rotatable bonds is 3. The normalized spacial score (nSPS) is 27.3. The monoisotopic (exact) mass is 361 g/mol. The highest BCUT2D eigenvalue weighted by atomic mass is 19.1. The third-order valence-corrected chi connectivity index (χ3v) is 6.15. The second-order valence-electron chi connectivity index (χ2n) is 8.10. The highest BCUT2D eigenvalue weighted by molar-refractivity contribution is 5.75.